The van der Waals surface area contributed by atoms with E-state index in [-0.39, 0.29) is 0 Å². The predicted octanol–water partition coefficient (Wildman–Crippen LogP) is 2.01. The molecular weight excluding hydrogens is 248 g/mol. The second kappa shape index (κ2) is 3.29. The van der Waals surface area contributed by atoms with E-state index in [0.29, 0.717) is 0 Å². The van der Waals surface area contributed by atoms with Crippen molar-refractivity contribution in [2.75, 3.05) is 5.73 Å². The van der Waals surface area contributed by atoms with Gasteiger partial charge in [-0.25, -0.2) is 13.6 Å². The SMILES string of the molecule is Nc1cc(F)c(Br)c(F)c1C(=O)O. The molecule has 1 aromatic rings. The van der Waals surface area contributed by atoms with Crippen molar-refractivity contribution in [2.24, 2.45) is 0 Å². The average molecular weight is 252 g/mol. The van der Waals surface area contributed by atoms with Crippen molar-refractivity contribution in [3.63, 3.8) is 0 Å². The van der Waals surface area contributed by atoms with Gasteiger partial charge in [0.05, 0.1) is 10.2 Å². The highest BCUT2D eigenvalue weighted by atomic mass is 79.9. The molecule has 13 heavy (non-hydrogen) atoms. The Morgan fingerprint density at radius 3 is 2.54 bits per heavy atom. The van der Waals surface area contributed by atoms with Gasteiger partial charge in [-0.1, -0.05) is 0 Å². The first-order chi connectivity index (χ1) is 5.95. The molecule has 70 valence electrons. The van der Waals surface area contributed by atoms with Gasteiger partial charge in [-0.15, -0.1) is 0 Å². The molecular formula is C7H4BrF2NO2. The lowest BCUT2D eigenvalue weighted by atomic mass is 10.1. The number of carbonyl (C=O) groups is 1. The molecule has 1 rings (SSSR count). The summed E-state index contributed by atoms with van der Waals surface area (Å²) in [5, 5.41) is 8.50. The fraction of sp³-hybridized carbons (Fsp3) is 0. The summed E-state index contributed by atoms with van der Waals surface area (Å²) >= 11 is 2.56. The molecule has 0 heterocycles. The minimum Gasteiger partial charge on any atom is -0.478 e. The maximum absolute atomic E-state index is 13.0. The number of rotatable bonds is 1. The fourth-order valence-electron chi connectivity index (χ4n) is 0.831. The number of aromatic carboxylic acids is 1. The van der Waals surface area contributed by atoms with E-state index < -0.39 is 33.3 Å². The van der Waals surface area contributed by atoms with Crippen LogP contribution in [0.5, 0.6) is 0 Å². The van der Waals surface area contributed by atoms with Crippen LogP contribution in [0.1, 0.15) is 10.4 Å². The van der Waals surface area contributed by atoms with Gasteiger partial charge in [-0.05, 0) is 22.0 Å². The Bertz CT molecular complexity index is 381. The number of carboxylic acid groups (broad SMARTS) is 1. The normalized spacial score (nSPS) is 10.1. The Morgan fingerprint density at radius 1 is 1.54 bits per heavy atom. The first kappa shape index (κ1) is 9.91. The van der Waals surface area contributed by atoms with E-state index in [1.54, 1.807) is 0 Å². The molecule has 0 saturated carbocycles. The minimum absolute atomic E-state index is 0.439. The number of carboxylic acids is 1. The lowest BCUT2D eigenvalue weighted by Crippen LogP contribution is -2.07. The lowest BCUT2D eigenvalue weighted by Gasteiger charge is -2.04. The number of hydrogen-bond acceptors (Lipinski definition) is 2. The third-order valence-corrected chi connectivity index (χ3v) is 2.13. The highest BCUT2D eigenvalue weighted by molar-refractivity contribution is 9.10. The van der Waals surface area contributed by atoms with Crippen molar-refractivity contribution in [2.45, 2.75) is 0 Å². The summed E-state index contributed by atoms with van der Waals surface area (Å²) in [6, 6.07) is 0.747. The van der Waals surface area contributed by atoms with Crippen molar-refractivity contribution in [1.82, 2.24) is 0 Å². The van der Waals surface area contributed by atoms with Gasteiger partial charge in [-0.3, -0.25) is 0 Å². The van der Waals surface area contributed by atoms with Crippen LogP contribution in [-0.4, -0.2) is 11.1 Å². The van der Waals surface area contributed by atoms with E-state index >= 15 is 0 Å². The predicted molar refractivity (Wildman–Crippen MR) is 45.4 cm³/mol. The van der Waals surface area contributed by atoms with Crippen molar-refractivity contribution in [3.8, 4) is 0 Å². The second-order valence-corrected chi connectivity index (χ2v) is 3.05. The number of anilines is 1. The summed E-state index contributed by atoms with van der Waals surface area (Å²) < 4.78 is 25.2. The van der Waals surface area contributed by atoms with Crippen LogP contribution in [0.25, 0.3) is 0 Å². The monoisotopic (exact) mass is 251 g/mol. The Labute approximate surface area is 80.3 Å². The van der Waals surface area contributed by atoms with Gasteiger partial charge < -0.3 is 10.8 Å². The molecule has 0 aromatic heterocycles. The highest BCUT2D eigenvalue weighted by Gasteiger charge is 2.20. The van der Waals surface area contributed by atoms with E-state index in [0.717, 1.165) is 6.07 Å². The molecule has 6 heteroatoms. The minimum atomic E-state index is -1.53. The third-order valence-electron chi connectivity index (χ3n) is 1.41. The number of hydrogen-bond donors (Lipinski definition) is 2. The molecule has 1 aromatic carbocycles. The third kappa shape index (κ3) is 1.62. The maximum Gasteiger partial charge on any atom is 0.340 e. The van der Waals surface area contributed by atoms with E-state index in [1.165, 1.54) is 0 Å². The fourth-order valence-corrected chi connectivity index (χ4v) is 1.14. The smallest absolute Gasteiger partial charge is 0.340 e. The molecule has 0 amide bonds. The molecule has 0 spiro atoms. The Balaban J connectivity index is 3.53. The van der Waals surface area contributed by atoms with E-state index in [4.69, 9.17) is 10.8 Å². The van der Waals surface area contributed by atoms with Gasteiger partial charge in [0.2, 0.25) is 0 Å². The highest BCUT2D eigenvalue weighted by Crippen LogP contribution is 2.27. The van der Waals surface area contributed by atoms with E-state index in [1.807, 2.05) is 0 Å². The van der Waals surface area contributed by atoms with Gasteiger partial charge in [0.15, 0.2) is 5.82 Å². The molecule has 0 aliphatic carbocycles. The zero-order valence-electron chi connectivity index (χ0n) is 6.14. The standard InChI is InChI=1S/C7H4BrF2NO2/c8-5-2(9)1-3(11)4(6(5)10)7(12)13/h1H,11H2,(H,12,13). The summed E-state index contributed by atoms with van der Waals surface area (Å²) in [6.45, 7) is 0. The zero-order valence-corrected chi connectivity index (χ0v) is 7.73. The summed E-state index contributed by atoms with van der Waals surface area (Å²) in [7, 11) is 0. The summed E-state index contributed by atoms with van der Waals surface area (Å²) in [5.41, 5.74) is 3.94. The van der Waals surface area contributed by atoms with Crippen LogP contribution in [0, 0.1) is 11.6 Å². The van der Waals surface area contributed by atoms with E-state index in [2.05, 4.69) is 15.9 Å². The Kier molecular flexibility index (Phi) is 2.51. The van der Waals surface area contributed by atoms with Gasteiger partial charge in [0, 0.05) is 0 Å². The molecule has 3 N–H and O–H groups in total. The number of benzene rings is 1. The van der Waals surface area contributed by atoms with Crippen molar-refractivity contribution in [1.29, 1.82) is 0 Å². The average Bonchev–Trinajstić information content (AvgIpc) is 1.99. The first-order valence-corrected chi connectivity index (χ1v) is 3.90. The zero-order chi connectivity index (χ0) is 10.2. The topological polar surface area (TPSA) is 63.3 Å². The molecule has 0 aliphatic heterocycles. The molecule has 0 radical (unpaired) electrons. The van der Waals surface area contributed by atoms with Crippen LogP contribution in [0.4, 0.5) is 14.5 Å². The molecule has 3 nitrogen and oxygen atoms in total. The van der Waals surface area contributed by atoms with Crippen molar-refractivity contribution >= 4 is 27.6 Å². The number of nitrogen functional groups attached to an aromatic ring is 1. The second-order valence-electron chi connectivity index (χ2n) is 2.26. The summed E-state index contributed by atoms with van der Waals surface area (Å²) in [6.07, 6.45) is 0. The molecule has 0 atom stereocenters. The number of nitrogens with two attached hydrogens (primary N) is 1. The largest absolute Gasteiger partial charge is 0.478 e. The Morgan fingerprint density at radius 2 is 2.08 bits per heavy atom. The van der Waals surface area contributed by atoms with Crippen molar-refractivity contribution in [3.05, 3.63) is 27.7 Å². The molecule has 0 fully saturated rings. The van der Waals surface area contributed by atoms with Gasteiger partial charge in [0.25, 0.3) is 0 Å². The van der Waals surface area contributed by atoms with Crippen LogP contribution < -0.4 is 5.73 Å². The summed E-state index contributed by atoms with van der Waals surface area (Å²) in [4.78, 5) is 10.4. The van der Waals surface area contributed by atoms with Crippen LogP contribution in [-0.2, 0) is 0 Å². The van der Waals surface area contributed by atoms with Crippen LogP contribution in [0.15, 0.2) is 10.5 Å². The van der Waals surface area contributed by atoms with Crippen LogP contribution >= 0.6 is 15.9 Å². The van der Waals surface area contributed by atoms with Gasteiger partial charge >= 0.3 is 5.97 Å². The first-order valence-electron chi connectivity index (χ1n) is 3.11. The lowest BCUT2D eigenvalue weighted by molar-refractivity contribution is 0.0693. The maximum atomic E-state index is 13.0. The molecule has 0 unspecified atom stereocenters. The van der Waals surface area contributed by atoms with Crippen LogP contribution in [0.2, 0.25) is 0 Å². The van der Waals surface area contributed by atoms with Gasteiger partial charge in [-0.2, -0.15) is 0 Å². The Hall–Kier alpha value is -1.17. The molecule has 0 bridgehead atoms. The molecule has 0 aliphatic rings. The molecule has 0 saturated heterocycles. The van der Waals surface area contributed by atoms with Crippen molar-refractivity contribution < 1.29 is 18.7 Å². The summed E-state index contributed by atoms with van der Waals surface area (Å²) in [5.74, 6) is -3.67. The van der Waals surface area contributed by atoms with Gasteiger partial charge in [0.1, 0.15) is 11.4 Å². The number of halogens is 3. The van der Waals surface area contributed by atoms with Crippen LogP contribution in [0.3, 0.4) is 0 Å². The van der Waals surface area contributed by atoms with E-state index in [9.17, 15) is 13.6 Å². The quantitative estimate of drug-likeness (QED) is 0.593.